The molecule has 0 atom stereocenters. The van der Waals surface area contributed by atoms with Gasteiger partial charge in [-0.15, -0.1) is 5.10 Å². The number of nitrogens with zero attached hydrogens (tertiary/aromatic N) is 6. The summed E-state index contributed by atoms with van der Waals surface area (Å²) in [5.41, 5.74) is 3.53. The number of nitro benzene ring substituents is 1. The number of halogens is 1. The van der Waals surface area contributed by atoms with E-state index in [2.05, 4.69) is 10.3 Å². The average Bonchev–Trinajstić information content (AvgIpc) is 3.63. The zero-order valence-electron chi connectivity index (χ0n) is 21.6. The van der Waals surface area contributed by atoms with Crippen molar-refractivity contribution in [2.45, 2.75) is 20.0 Å². The van der Waals surface area contributed by atoms with Crippen LogP contribution in [0.5, 0.6) is 0 Å². The Kier molecular flexibility index (Phi) is 6.67. The Morgan fingerprint density at radius 2 is 1.78 bits per heavy atom. The summed E-state index contributed by atoms with van der Waals surface area (Å²) in [6.45, 7) is 1.87. The minimum absolute atomic E-state index is 0.00101. The Hall–Kier alpha value is -5.10. The molecular formula is C29H21FN6O4S. The lowest BCUT2D eigenvalue weighted by molar-refractivity contribution is -0.385. The maximum atomic E-state index is 14.2. The van der Waals surface area contributed by atoms with Gasteiger partial charge in [-0.25, -0.2) is 9.07 Å². The van der Waals surface area contributed by atoms with Gasteiger partial charge in [0.05, 0.1) is 40.4 Å². The van der Waals surface area contributed by atoms with Crippen molar-refractivity contribution < 1.29 is 18.9 Å². The SMILES string of the molecule is Cc1c(-n2cc(Cn3cc(/C=C4\SC(=O)N(Cc5ccccc5F)C4=O)c4ccccc43)nn2)cccc1[N+](=O)[O-]. The van der Waals surface area contributed by atoms with Crippen molar-refractivity contribution in [1.29, 1.82) is 0 Å². The number of hydrogen-bond donors (Lipinski definition) is 0. The summed E-state index contributed by atoms with van der Waals surface area (Å²) >= 11 is 0.822. The third kappa shape index (κ3) is 4.89. The van der Waals surface area contributed by atoms with Gasteiger partial charge >= 0.3 is 0 Å². The van der Waals surface area contributed by atoms with Crippen molar-refractivity contribution in [2.75, 3.05) is 0 Å². The third-order valence-electron chi connectivity index (χ3n) is 6.86. The van der Waals surface area contributed by atoms with Crippen molar-refractivity contribution in [3.8, 4) is 5.69 Å². The van der Waals surface area contributed by atoms with Gasteiger partial charge in [0, 0.05) is 34.3 Å². The molecule has 0 unspecified atom stereocenters. The lowest BCUT2D eigenvalue weighted by Gasteiger charge is -2.12. The van der Waals surface area contributed by atoms with E-state index in [0.29, 0.717) is 23.5 Å². The number of carbonyl (C=O) groups is 2. The van der Waals surface area contributed by atoms with Crippen LogP contribution in [-0.2, 0) is 17.9 Å². The molecule has 0 N–H and O–H groups in total. The quantitative estimate of drug-likeness (QED) is 0.137. The van der Waals surface area contributed by atoms with Crippen molar-refractivity contribution in [3.63, 3.8) is 0 Å². The molecule has 1 fully saturated rings. The van der Waals surface area contributed by atoms with Crippen LogP contribution < -0.4 is 0 Å². The van der Waals surface area contributed by atoms with Gasteiger partial charge in [-0.3, -0.25) is 24.6 Å². The second-order valence-electron chi connectivity index (χ2n) is 9.42. The van der Waals surface area contributed by atoms with E-state index in [0.717, 1.165) is 33.1 Å². The molecule has 0 radical (unpaired) electrons. The summed E-state index contributed by atoms with van der Waals surface area (Å²) in [7, 11) is 0. The number of aromatic nitrogens is 4. The van der Waals surface area contributed by atoms with Crippen LogP contribution in [0.4, 0.5) is 14.9 Å². The van der Waals surface area contributed by atoms with Gasteiger partial charge in [0.1, 0.15) is 11.5 Å². The summed E-state index contributed by atoms with van der Waals surface area (Å²) in [5.74, 6) is -0.952. The van der Waals surface area contributed by atoms with Crippen LogP contribution in [-0.4, -0.2) is 40.5 Å². The zero-order valence-corrected chi connectivity index (χ0v) is 22.4. The standard InChI is InChI=1S/C29H21FN6O4S/c1-18-24(11-6-12-25(18)36(39)40)35-17-21(31-32-35)16-33-14-20(22-8-3-5-10-26(22)33)13-27-28(37)34(29(38)41-27)15-19-7-2-4-9-23(19)30/h2-14,17H,15-16H2,1H3/b27-13-. The van der Waals surface area contributed by atoms with Crippen LogP contribution >= 0.6 is 11.8 Å². The van der Waals surface area contributed by atoms with Gasteiger partial charge in [-0.1, -0.05) is 47.7 Å². The van der Waals surface area contributed by atoms with Crippen LogP contribution in [0, 0.1) is 22.9 Å². The van der Waals surface area contributed by atoms with Crippen molar-refractivity contribution >= 4 is 45.6 Å². The minimum Gasteiger partial charge on any atom is -0.341 e. The molecule has 0 aliphatic carbocycles. The van der Waals surface area contributed by atoms with E-state index in [-0.39, 0.29) is 22.7 Å². The molecule has 1 aliphatic heterocycles. The van der Waals surface area contributed by atoms with E-state index < -0.39 is 21.9 Å². The van der Waals surface area contributed by atoms with Crippen LogP contribution in [0.25, 0.3) is 22.7 Å². The Morgan fingerprint density at radius 3 is 2.59 bits per heavy atom. The molecule has 0 spiro atoms. The molecule has 12 heteroatoms. The highest BCUT2D eigenvalue weighted by Gasteiger charge is 2.35. The molecule has 2 amide bonds. The van der Waals surface area contributed by atoms with Crippen LogP contribution in [0.15, 0.2) is 84.0 Å². The lowest BCUT2D eigenvalue weighted by atomic mass is 10.1. The van der Waals surface area contributed by atoms with Gasteiger partial charge in [0.15, 0.2) is 0 Å². The molecule has 0 bridgehead atoms. The van der Waals surface area contributed by atoms with Crippen LogP contribution in [0.2, 0.25) is 0 Å². The second kappa shape index (κ2) is 10.5. The first kappa shape index (κ1) is 26.1. The number of hydrogen-bond acceptors (Lipinski definition) is 7. The average molecular weight is 569 g/mol. The predicted octanol–water partition coefficient (Wildman–Crippen LogP) is 5.86. The highest BCUT2D eigenvalue weighted by atomic mass is 32.2. The molecule has 3 aromatic carbocycles. The van der Waals surface area contributed by atoms with Gasteiger partial charge in [0.2, 0.25) is 0 Å². The van der Waals surface area contributed by atoms with Gasteiger partial charge < -0.3 is 4.57 Å². The van der Waals surface area contributed by atoms with Crippen molar-refractivity contribution in [2.24, 2.45) is 0 Å². The van der Waals surface area contributed by atoms with Crippen LogP contribution in [0.3, 0.4) is 0 Å². The fraction of sp³-hybridized carbons (Fsp3) is 0.103. The number of fused-ring (bicyclic) bond motifs is 1. The normalized spacial score (nSPS) is 14.5. The van der Waals surface area contributed by atoms with E-state index in [4.69, 9.17) is 0 Å². The number of benzene rings is 3. The fourth-order valence-corrected chi connectivity index (χ4v) is 5.65. The summed E-state index contributed by atoms with van der Waals surface area (Å²) in [6, 6.07) is 18.5. The first-order valence-corrected chi connectivity index (χ1v) is 13.3. The Balaban J connectivity index is 1.29. The van der Waals surface area contributed by atoms with E-state index in [9.17, 15) is 24.1 Å². The summed E-state index contributed by atoms with van der Waals surface area (Å²) in [4.78, 5) is 38.0. The maximum absolute atomic E-state index is 14.2. The van der Waals surface area contributed by atoms with Gasteiger partial charge in [-0.2, -0.15) is 0 Å². The molecule has 204 valence electrons. The topological polar surface area (TPSA) is 116 Å². The van der Waals surface area contributed by atoms with Crippen molar-refractivity contribution in [1.82, 2.24) is 24.5 Å². The Labute approximate surface area is 236 Å². The number of nitro groups is 1. The molecule has 41 heavy (non-hydrogen) atoms. The molecule has 1 saturated heterocycles. The predicted molar refractivity (Wildman–Crippen MR) is 152 cm³/mol. The minimum atomic E-state index is -0.477. The summed E-state index contributed by atoms with van der Waals surface area (Å²) < 4.78 is 17.6. The number of para-hydroxylation sites is 1. The molecule has 3 heterocycles. The molecule has 2 aromatic heterocycles. The summed E-state index contributed by atoms with van der Waals surface area (Å²) in [5, 5.41) is 20.2. The number of carbonyl (C=O) groups excluding carboxylic acids is 2. The first-order valence-electron chi connectivity index (χ1n) is 12.5. The number of imide groups is 1. The number of rotatable bonds is 7. The maximum Gasteiger partial charge on any atom is 0.293 e. The Morgan fingerprint density at radius 1 is 1.00 bits per heavy atom. The fourth-order valence-electron chi connectivity index (χ4n) is 4.82. The molecule has 5 aromatic rings. The lowest BCUT2D eigenvalue weighted by Crippen LogP contribution is -2.27. The van der Waals surface area contributed by atoms with Gasteiger partial charge in [0.25, 0.3) is 16.8 Å². The summed E-state index contributed by atoms with van der Waals surface area (Å²) in [6.07, 6.45) is 5.26. The van der Waals surface area contributed by atoms with E-state index in [1.165, 1.54) is 16.8 Å². The number of thioether (sulfide) groups is 1. The second-order valence-corrected chi connectivity index (χ2v) is 10.4. The van der Waals surface area contributed by atoms with Crippen molar-refractivity contribution in [3.05, 3.63) is 122 Å². The van der Waals surface area contributed by atoms with E-state index in [1.54, 1.807) is 49.5 Å². The highest BCUT2D eigenvalue weighted by Crippen LogP contribution is 2.35. The zero-order chi connectivity index (χ0) is 28.7. The monoisotopic (exact) mass is 568 g/mol. The molecular weight excluding hydrogens is 547 g/mol. The van der Waals surface area contributed by atoms with Gasteiger partial charge in [-0.05, 0) is 43.0 Å². The third-order valence-corrected chi connectivity index (χ3v) is 7.77. The first-order chi connectivity index (χ1) is 19.8. The molecule has 6 rings (SSSR count). The largest absolute Gasteiger partial charge is 0.341 e. The smallest absolute Gasteiger partial charge is 0.293 e. The Bertz CT molecular complexity index is 1900. The highest BCUT2D eigenvalue weighted by molar-refractivity contribution is 8.18. The molecule has 10 nitrogen and oxygen atoms in total. The van der Waals surface area contributed by atoms with E-state index in [1.807, 2.05) is 35.0 Å². The van der Waals surface area contributed by atoms with E-state index >= 15 is 0 Å². The molecule has 0 saturated carbocycles. The molecule has 1 aliphatic rings. The number of amides is 2. The van der Waals surface area contributed by atoms with Crippen LogP contribution in [0.1, 0.15) is 22.4 Å².